The van der Waals surface area contributed by atoms with E-state index in [1.54, 1.807) is 6.07 Å². The van der Waals surface area contributed by atoms with Crippen LogP contribution in [0.25, 0.3) is 20.7 Å². The minimum Gasteiger partial charge on any atom is -0.493 e. The molecule has 1 atom stereocenters. The van der Waals surface area contributed by atoms with Crippen LogP contribution in [0.3, 0.4) is 0 Å². The summed E-state index contributed by atoms with van der Waals surface area (Å²) in [6.07, 6.45) is 1.43. The molecule has 8 heteroatoms. The predicted molar refractivity (Wildman–Crippen MR) is 110 cm³/mol. The van der Waals surface area contributed by atoms with Gasteiger partial charge < -0.3 is 10.4 Å². The Labute approximate surface area is 166 Å². The topological polar surface area (TPSA) is 96.4 Å². The van der Waals surface area contributed by atoms with E-state index in [2.05, 4.69) is 36.3 Å². The maximum absolute atomic E-state index is 12.5. The Morgan fingerprint density at radius 2 is 2.00 bits per heavy atom. The zero-order valence-electron chi connectivity index (χ0n) is 15.3. The number of nitrogens with zero attached hydrogens (tertiary/aromatic N) is 1. The number of benzene rings is 1. The number of rotatable bonds is 3. The number of nitrogens with one attached hydrogen (secondary N) is 1. The monoisotopic (exact) mass is 414 g/mol. The van der Waals surface area contributed by atoms with Crippen molar-refractivity contribution in [1.29, 1.82) is 0 Å². The van der Waals surface area contributed by atoms with Gasteiger partial charge in [0.2, 0.25) is 5.88 Å². The van der Waals surface area contributed by atoms with Gasteiger partial charge in [0.25, 0.3) is 5.91 Å². The maximum Gasteiger partial charge on any atom is 0.257 e. The third-order valence-electron chi connectivity index (χ3n) is 4.77. The molecule has 0 saturated carbocycles. The Morgan fingerprint density at radius 3 is 2.68 bits per heavy atom. The molecule has 144 valence electrons. The first-order chi connectivity index (χ1) is 13.2. The SMILES string of the molecule is Cc1ccc(-c2cc3cc(C(=O)NC4C=CS(=O)(=O)C4)c(O)nc3s2)cc1C. The highest BCUT2D eigenvalue weighted by Gasteiger charge is 2.25. The first-order valence-corrected chi connectivity index (χ1v) is 11.2. The van der Waals surface area contributed by atoms with Crippen LogP contribution in [0.4, 0.5) is 0 Å². The summed E-state index contributed by atoms with van der Waals surface area (Å²) < 4.78 is 23.0. The molecule has 0 bridgehead atoms. The summed E-state index contributed by atoms with van der Waals surface area (Å²) in [6, 6.07) is 9.10. The minimum absolute atomic E-state index is 0.0228. The molecule has 1 unspecified atom stereocenters. The molecule has 2 aromatic heterocycles. The van der Waals surface area contributed by atoms with Gasteiger partial charge in [0, 0.05) is 15.7 Å². The Kier molecular flexibility index (Phi) is 4.47. The highest BCUT2D eigenvalue weighted by molar-refractivity contribution is 7.94. The lowest BCUT2D eigenvalue weighted by atomic mass is 10.1. The van der Waals surface area contributed by atoms with Crippen molar-refractivity contribution >= 4 is 37.3 Å². The standard InChI is InChI=1S/C20H18N2O4S2/c1-11-3-4-13(7-12(11)2)17-9-14-8-16(19(24)22-20(14)27-17)18(23)21-15-5-6-28(25,26)10-15/h3-9,15H,10H2,1-2H3,(H,21,23)(H,22,24). The molecule has 28 heavy (non-hydrogen) atoms. The van der Waals surface area contributed by atoms with Gasteiger partial charge >= 0.3 is 0 Å². The molecule has 1 aliphatic heterocycles. The van der Waals surface area contributed by atoms with Gasteiger partial charge in [-0.2, -0.15) is 0 Å². The summed E-state index contributed by atoms with van der Waals surface area (Å²) in [5, 5.41) is 14.7. The molecule has 6 nitrogen and oxygen atoms in total. The van der Waals surface area contributed by atoms with Crippen molar-refractivity contribution in [3.8, 4) is 16.3 Å². The van der Waals surface area contributed by atoms with Crippen molar-refractivity contribution in [2.75, 3.05) is 5.75 Å². The molecule has 2 N–H and O–H groups in total. The molecule has 1 aromatic carbocycles. The smallest absolute Gasteiger partial charge is 0.257 e. The van der Waals surface area contributed by atoms with Gasteiger partial charge in [0.15, 0.2) is 9.84 Å². The number of pyridine rings is 1. The molecule has 3 aromatic rings. The van der Waals surface area contributed by atoms with Crippen LogP contribution in [0, 0.1) is 13.8 Å². The molecule has 4 rings (SSSR count). The second-order valence-corrected chi connectivity index (χ2v) is 9.86. The van der Waals surface area contributed by atoms with Crippen LogP contribution in [-0.2, 0) is 9.84 Å². The van der Waals surface area contributed by atoms with Gasteiger partial charge in [-0.25, -0.2) is 13.4 Å². The average molecular weight is 415 g/mol. The number of sulfone groups is 1. The van der Waals surface area contributed by atoms with Gasteiger partial charge in [-0.05, 0) is 48.7 Å². The summed E-state index contributed by atoms with van der Waals surface area (Å²) in [6.45, 7) is 4.11. The van der Waals surface area contributed by atoms with Gasteiger partial charge in [-0.15, -0.1) is 11.3 Å². The molecule has 3 heterocycles. The zero-order valence-corrected chi connectivity index (χ0v) is 16.9. The first kappa shape index (κ1) is 18.6. The lowest BCUT2D eigenvalue weighted by Gasteiger charge is -2.10. The van der Waals surface area contributed by atoms with Crippen molar-refractivity contribution in [2.45, 2.75) is 19.9 Å². The number of thiophene rings is 1. The maximum atomic E-state index is 12.5. The number of aryl methyl sites for hydroxylation is 2. The van der Waals surface area contributed by atoms with E-state index in [4.69, 9.17) is 0 Å². The van der Waals surface area contributed by atoms with E-state index in [0.717, 1.165) is 21.2 Å². The first-order valence-electron chi connectivity index (χ1n) is 8.65. The van der Waals surface area contributed by atoms with E-state index in [9.17, 15) is 18.3 Å². The van der Waals surface area contributed by atoms with Gasteiger partial charge in [-0.1, -0.05) is 18.2 Å². The third kappa shape index (κ3) is 3.53. The molecular weight excluding hydrogens is 396 g/mol. The molecule has 0 saturated heterocycles. The Hall–Kier alpha value is -2.71. The largest absolute Gasteiger partial charge is 0.493 e. The number of aromatic hydroxyl groups is 1. The van der Waals surface area contributed by atoms with Crippen LogP contribution in [0.15, 0.2) is 41.8 Å². The summed E-state index contributed by atoms with van der Waals surface area (Å²) in [4.78, 5) is 18.3. The fourth-order valence-corrected chi connectivity index (χ4v) is 5.32. The van der Waals surface area contributed by atoms with E-state index in [0.29, 0.717) is 4.83 Å². The van der Waals surface area contributed by atoms with Crippen molar-refractivity contribution in [3.63, 3.8) is 0 Å². The molecule has 0 aliphatic carbocycles. The fourth-order valence-electron chi connectivity index (χ4n) is 3.08. The van der Waals surface area contributed by atoms with Crippen LogP contribution in [-0.4, -0.2) is 36.2 Å². The van der Waals surface area contributed by atoms with E-state index < -0.39 is 21.8 Å². The van der Waals surface area contributed by atoms with Gasteiger partial charge in [0.1, 0.15) is 10.4 Å². The summed E-state index contributed by atoms with van der Waals surface area (Å²) in [7, 11) is -3.27. The Morgan fingerprint density at radius 1 is 1.21 bits per heavy atom. The Balaban J connectivity index is 1.65. The average Bonchev–Trinajstić information content (AvgIpc) is 3.18. The fraction of sp³-hybridized carbons (Fsp3) is 0.200. The molecule has 1 amide bonds. The molecule has 1 aliphatic rings. The van der Waals surface area contributed by atoms with Crippen LogP contribution in [0.2, 0.25) is 0 Å². The number of carbonyl (C=O) groups is 1. The quantitative estimate of drug-likeness (QED) is 0.685. The van der Waals surface area contributed by atoms with E-state index in [1.165, 1.54) is 28.5 Å². The number of fused-ring (bicyclic) bond motifs is 1. The molecule has 0 radical (unpaired) electrons. The second kappa shape index (κ2) is 6.72. The minimum atomic E-state index is -3.27. The summed E-state index contributed by atoms with van der Waals surface area (Å²) in [5.41, 5.74) is 3.47. The number of hydrogen-bond donors (Lipinski definition) is 2. The Bertz CT molecular complexity index is 1240. The van der Waals surface area contributed by atoms with Crippen molar-refractivity contribution in [3.05, 3.63) is 58.5 Å². The second-order valence-electron chi connectivity index (χ2n) is 6.90. The normalized spacial score (nSPS) is 17.9. The molecular formula is C20H18N2O4S2. The van der Waals surface area contributed by atoms with Crippen molar-refractivity contribution in [2.24, 2.45) is 0 Å². The van der Waals surface area contributed by atoms with Crippen molar-refractivity contribution in [1.82, 2.24) is 10.3 Å². The lowest BCUT2D eigenvalue weighted by Crippen LogP contribution is -2.35. The summed E-state index contributed by atoms with van der Waals surface area (Å²) in [5.74, 6) is -1.11. The predicted octanol–water partition coefficient (Wildman–Crippen LogP) is 3.33. The zero-order chi connectivity index (χ0) is 20.1. The number of hydrogen-bond acceptors (Lipinski definition) is 6. The lowest BCUT2D eigenvalue weighted by molar-refractivity contribution is 0.0944. The molecule has 0 fully saturated rings. The van der Waals surface area contributed by atoms with Crippen molar-refractivity contribution < 1.29 is 18.3 Å². The number of aromatic nitrogens is 1. The van der Waals surface area contributed by atoms with E-state index in [1.807, 2.05) is 12.1 Å². The number of amides is 1. The third-order valence-corrected chi connectivity index (χ3v) is 7.26. The van der Waals surface area contributed by atoms with E-state index >= 15 is 0 Å². The molecule has 0 spiro atoms. The number of carbonyl (C=O) groups excluding carboxylic acids is 1. The van der Waals surface area contributed by atoms with Gasteiger partial charge in [0.05, 0.1) is 11.8 Å². The van der Waals surface area contributed by atoms with Crippen LogP contribution >= 0.6 is 11.3 Å². The highest BCUT2D eigenvalue weighted by atomic mass is 32.2. The van der Waals surface area contributed by atoms with Crippen LogP contribution < -0.4 is 5.32 Å². The van der Waals surface area contributed by atoms with Crippen LogP contribution in [0.5, 0.6) is 5.88 Å². The van der Waals surface area contributed by atoms with Crippen LogP contribution in [0.1, 0.15) is 21.5 Å². The van der Waals surface area contributed by atoms with E-state index in [-0.39, 0.29) is 17.2 Å². The summed E-state index contributed by atoms with van der Waals surface area (Å²) >= 11 is 1.44. The van der Waals surface area contributed by atoms with Gasteiger partial charge in [-0.3, -0.25) is 4.79 Å². The highest BCUT2D eigenvalue weighted by Crippen LogP contribution is 2.35.